The van der Waals surface area contributed by atoms with E-state index in [1.54, 1.807) is 18.7 Å². The van der Waals surface area contributed by atoms with Crippen LogP contribution in [0.3, 0.4) is 0 Å². The van der Waals surface area contributed by atoms with Gasteiger partial charge >= 0.3 is 0 Å². The second kappa shape index (κ2) is 4.86. The van der Waals surface area contributed by atoms with Gasteiger partial charge in [-0.2, -0.15) is 4.98 Å². The third-order valence-corrected chi connectivity index (χ3v) is 3.83. The molecule has 1 aromatic rings. The fourth-order valence-electron chi connectivity index (χ4n) is 1.37. The Morgan fingerprint density at radius 2 is 2.38 bits per heavy atom. The summed E-state index contributed by atoms with van der Waals surface area (Å²) < 4.78 is 4.88. The Hall–Kier alpha value is -1.04. The molecule has 2 unspecified atom stereocenters. The zero-order chi connectivity index (χ0) is 11.5. The molecule has 0 saturated carbocycles. The normalized spacial score (nSPS) is 28.1. The maximum atomic E-state index is 4.88. The molecule has 2 atom stereocenters. The molecule has 1 aliphatic heterocycles. The quantitative estimate of drug-likeness (QED) is 0.850. The van der Waals surface area contributed by atoms with Crippen LogP contribution in [0.25, 0.3) is 0 Å². The molecular weight excluding hydrogens is 224 g/mol. The number of aromatic nitrogens is 2. The predicted octanol–water partition coefficient (Wildman–Crippen LogP) is 1.60. The molecule has 16 heavy (non-hydrogen) atoms. The van der Waals surface area contributed by atoms with Gasteiger partial charge in [0.25, 0.3) is 0 Å². The first-order chi connectivity index (χ1) is 7.65. The maximum Gasteiger partial charge on any atom is 0.223 e. The molecule has 0 amide bonds. The number of hydrogen-bond acceptors (Lipinski definition) is 5. The standard InChI is InChI=1S/C10H16N4OS/c1-6-5-16-10(12-7(6)2)11-4-9-13-8(3)15-14-9/h6-7H,4-5H2,1-3H3,(H,11,12). The zero-order valence-corrected chi connectivity index (χ0v) is 10.5. The number of thioether (sulfide) groups is 1. The van der Waals surface area contributed by atoms with Crippen LogP contribution in [0.1, 0.15) is 25.6 Å². The third kappa shape index (κ3) is 2.75. The molecule has 5 nitrogen and oxygen atoms in total. The average Bonchev–Trinajstić information content (AvgIpc) is 2.66. The number of rotatable bonds is 2. The highest BCUT2D eigenvalue weighted by atomic mass is 32.2. The van der Waals surface area contributed by atoms with Crippen LogP contribution in [-0.4, -0.2) is 27.1 Å². The predicted molar refractivity (Wildman–Crippen MR) is 64.4 cm³/mol. The van der Waals surface area contributed by atoms with Crippen molar-refractivity contribution in [3.05, 3.63) is 11.7 Å². The van der Waals surface area contributed by atoms with Gasteiger partial charge in [0.2, 0.25) is 5.89 Å². The van der Waals surface area contributed by atoms with E-state index in [4.69, 9.17) is 4.52 Å². The highest BCUT2D eigenvalue weighted by Crippen LogP contribution is 2.19. The molecular formula is C10H16N4OS. The minimum absolute atomic E-state index is 0.479. The van der Waals surface area contributed by atoms with Crippen molar-refractivity contribution in [2.24, 2.45) is 10.9 Å². The SMILES string of the molecule is Cc1nc(CN=C2NC(C)C(C)CS2)no1. The highest BCUT2D eigenvalue weighted by Gasteiger charge is 2.20. The second-order valence-electron chi connectivity index (χ2n) is 4.07. The summed E-state index contributed by atoms with van der Waals surface area (Å²) in [6.07, 6.45) is 0. The first kappa shape index (κ1) is 11.4. The molecule has 1 aromatic heterocycles. The number of amidine groups is 1. The molecule has 2 heterocycles. The van der Waals surface area contributed by atoms with Gasteiger partial charge < -0.3 is 9.84 Å². The van der Waals surface area contributed by atoms with Crippen LogP contribution in [-0.2, 0) is 6.54 Å². The van der Waals surface area contributed by atoms with Crippen LogP contribution in [0.15, 0.2) is 9.52 Å². The minimum atomic E-state index is 0.479. The van der Waals surface area contributed by atoms with Gasteiger partial charge in [0.15, 0.2) is 11.0 Å². The molecule has 6 heteroatoms. The minimum Gasteiger partial charge on any atom is -0.362 e. The Bertz CT molecular complexity index is 390. The molecule has 0 bridgehead atoms. The van der Waals surface area contributed by atoms with E-state index in [0.717, 1.165) is 10.9 Å². The number of aliphatic imine (C=N–C) groups is 1. The van der Waals surface area contributed by atoms with Gasteiger partial charge in [-0.3, -0.25) is 4.99 Å². The van der Waals surface area contributed by atoms with Gasteiger partial charge in [-0.05, 0) is 12.8 Å². The van der Waals surface area contributed by atoms with E-state index in [0.29, 0.717) is 30.2 Å². The van der Waals surface area contributed by atoms with Gasteiger partial charge in [-0.25, -0.2) is 0 Å². The number of nitrogens with one attached hydrogen (secondary N) is 1. The lowest BCUT2D eigenvalue weighted by atomic mass is 10.1. The maximum absolute atomic E-state index is 4.88. The lowest BCUT2D eigenvalue weighted by molar-refractivity contribution is 0.387. The third-order valence-electron chi connectivity index (χ3n) is 2.62. The monoisotopic (exact) mass is 240 g/mol. The van der Waals surface area contributed by atoms with E-state index >= 15 is 0 Å². The Morgan fingerprint density at radius 3 is 3.00 bits per heavy atom. The van der Waals surface area contributed by atoms with Crippen molar-refractivity contribution in [1.29, 1.82) is 0 Å². The Kier molecular flexibility index (Phi) is 3.48. The average molecular weight is 240 g/mol. The molecule has 0 radical (unpaired) electrons. The van der Waals surface area contributed by atoms with Crippen LogP contribution in [0.2, 0.25) is 0 Å². The van der Waals surface area contributed by atoms with E-state index < -0.39 is 0 Å². The molecule has 1 N–H and O–H groups in total. The summed E-state index contributed by atoms with van der Waals surface area (Å²) in [4.78, 5) is 8.54. The van der Waals surface area contributed by atoms with Crippen LogP contribution in [0.4, 0.5) is 0 Å². The van der Waals surface area contributed by atoms with Crippen LogP contribution < -0.4 is 5.32 Å². The van der Waals surface area contributed by atoms with Crippen molar-refractivity contribution in [3.8, 4) is 0 Å². The number of nitrogens with zero attached hydrogens (tertiary/aromatic N) is 3. The van der Waals surface area contributed by atoms with Gasteiger partial charge in [0, 0.05) is 18.7 Å². The van der Waals surface area contributed by atoms with Gasteiger partial charge in [-0.1, -0.05) is 23.8 Å². The van der Waals surface area contributed by atoms with Gasteiger partial charge in [0.1, 0.15) is 6.54 Å². The van der Waals surface area contributed by atoms with E-state index in [9.17, 15) is 0 Å². The van der Waals surface area contributed by atoms with Crippen LogP contribution in [0, 0.1) is 12.8 Å². The summed E-state index contributed by atoms with van der Waals surface area (Å²) in [5.41, 5.74) is 0. The Labute approximate surface area is 99.1 Å². The zero-order valence-electron chi connectivity index (χ0n) is 9.73. The van der Waals surface area contributed by atoms with E-state index in [-0.39, 0.29) is 0 Å². The molecule has 1 fully saturated rings. The fraction of sp³-hybridized carbons (Fsp3) is 0.700. The molecule has 0 aromatic carbocycles. The summed E-state index contributed by atoms with van der Waals surface area (Å²) >= 11 is 1.75. The van der Waals surface area contributed by atoms with Crippen molar-refractivity contribution in [2.45, 2.75) is 33.4 Å². The summed E-state index contributed by atoms with van der Waals surface area (Å²) in [6.45, 7) is 6.68. The van der Waals surface area contributed by atoms with Gasteiger partial charge in [0.05, 0.1) is 0 Å². The van der Waals surface area contributed by atoms with E-state index in [1.165, 1.54) is 0 Å². The Balaban J connectivity index is 1.93. The number of hydrogen-bond donors (Lipinski definition) is 1. The smallest absolute Gasteiger partial charge is 0.223 e. The lowest BCUT2D eigenvalue weighted by Gasteiger charge is -2.28. The van der Waals surface area contributed by atoms with E-state index in [1.807, 2.05) is 0 Å². The van der Waals surface area contributed by atoms with Crippen LogP contribution in [0.5, 0.6) is 0 Å². The van der Waals surface area contributed by atoms with Crippen molar-refractivity contribution >= 4 is 16.9 Å². The first-order valence-corrected chi connectivity index (χ1v) is 6.36. The van der Waals surface area contributed by atoms with Crippen molar-refractivity contribution < 1.29 is 4.52 Å². The summed E-state index contributed by atoms with van der Waals surface area (Å²) in [5.74, 6) is 3.01. The van der Waals surface area contributed by atoms with Crippen LogP contribution >= 0.6 is 11.8 Å². The Morgan fingerprint density at radius 1 is 1.56 bits per heavy atom. The summed E-state index contributed by atoms with van der Waals surface area (Å²) in [6, 6.07) is 0.479. The second-order valence-corrected chi connectivity index (χ2v) is 5.08. The summed E-state index contributed by atoms with van der Waals surface area (Å²) in [7, 11) is 0. The molecule has 1 saturated heterocycles. The van der Waals surface area contributed by atoms with Crippen molar-refractivity contribution in [3.63, 3.8) is 0 Å². The molecule has 1 aliphatic rings. The van der Waals surface area contributed by atoms with Crippen molar-refractivity contribution in [1.82, 2.24) is 15.5 Å². The summed E-state index contributed by atoms with van der Waals surface area (Å²) in [5, 5.41) is 8.15. The number of aryl methyl sites for hydroxylation is 1. The fourth-order valence-corrected chi connectivity index (χ4v) is 2.51. The molecule has 2 rings (SSSR count). The lowest BCUT2D eigenvalue weighted by Crippen LogP contribution is -2.41. The first-order valence-electron chi connectivity index (χ1n) is 5.38. The largest absolute Gasteiger partial charge is 0.362 e. The topological polar surface area (TPSA) is 63.3 Å². The molecule has 0 aliphatic carbocycles. The highest BCUT2D eigenvalue weighted by molar-refractivity contribution is 8.13. The molecule has 0 spiro atoms. The van der Waals surface area contributed by atoms with Crippen molar-refractivity contribution in [2.75, 3.05) is 5.75 Å². The van der Waals surface area contributed by atoms with Gasteiger partial charge in [-0.15, -0.1) is 0 Å². The van der Waals surface area contributed by atoms with E-state index in [2.05, 4.69) is 34.3 Å². The molecule has 88 valence electrons.